The van der Waals surface area contributed by atoms with Crippen LogP contribution in [0.4, 0.5) is 0 Å². The Morgan fingerprint density at radius 3 is 2.59 bits per heavy atom. The van der Waals surface area contributed by atoms with Crippen molar-refractivity contribution >= 4 is 0 Å². The minimum atomic E-state index is 0.688. The van der Waals surface area contributed by atoms with Crippen LogP contribution in [-0.2, 0) is 17.8 Å². The van der Waals surface area contributed by atoms with Gasteiger partial charge in [-0.2, -0.15) is 0 Å². The van der Waals surface area contributed by atoms with Crippen molar-refractivity contribution in [1.29, 1.82) is 0 Å². The Kier molecular flexibility index (Phi) is 7.31. The largest absolute Gasteiger partial charge is 0.381 e. The maximum absolute atomic E-state index is 5.63. The van der Waals surface area contributed by atoms with Crippen LogP contribution in [-0.4, -0.2) is 54.2 Å². The molecule has 0 amide bonds. The van der Waals surface area contributed by atoms with Crippen molar-refractivity contribution in [3.05, 3.63) is 65.5 Å². The molecule has 2 aromatic rings. The zero-order chi connectivity index (χ0) is 19.9. The predicted molar refractivity (Wildman–Crippen MR) is 118 cm³/mol. The second-order valence-corrected chi connectivity index (χ2v) is 8.93. The van der Waals surface area contributed by atoms with Gasteiger partial charge in [-0.15, -0.1) is 0 Å². The van der Waals surface area contributed by atoms with Crippen molar-refractivity contribution in [2.45, 2.75) is 39.3 Å². The Bertz CT molecular complexity index is 737. The third-order valence-electron chi connectivity index (χ3n) is 6.55. The van der Waals surface area contributed by atoms with Crippen LogP contribution in [0, 0.1) is 18.8 Å². The van der Waals surface area contributed by atoms with E-state index in [1.165, 1.54) is 55.6 Å². The third-order valence-corrected chi connectivity index (χ3v) is 6.55. The molecular formula is C25H35N3O. The first-order valence-electron chi connectivity index (χ1n) is 11.2. The first-order valence-corrected chi connectivity index (χ1v) is 11.2. The summed E-state index contributed by atoms with van der Waals surface area (Å²) in [6.07, 6.45) is 7.69. The summed E-state index contributed by atoms with van der Waals surface area (Å²) in [4.78, 5) is 9.61. The van der Waals surface area contributed by atoms with Crippen molar-refractivity contribution < 1.29 is 4.74 Å². The molecule has 1 atom stereocenters. The summed E-state index contributed by atoms with van der Waals surface area (Å²) in [7, 11) is 0. The molecule has 3 heterocycles. The van der Waals surface area contributed by atoms with Gasteiger partial charge in [0.2, 0.25) is 0 Å². The minimum Gasteiger partial charge on any atom is -0.381 e. The van der Waals surface area contributed by atoms with E-state index in [9.17, 15) is 0 Å². The van der Waals surface area contributed by atoms with Gasteiger partial charge in [-0.1, -0.05) is 30.3 Å². The average molecular weight is 394 g/mol. The van der Waals surface area contributed by atoms with Crippen LogP contribution in [0.3, 0.4) is 0 Å². The first-order chi connectivity index (χ1) is 14.3. The van der Waals surface area contributed by atoms with Gasteiger partial charge in [-0.3, -0.25) is 14.8 Å². The highest BCUT2D eigenvalue weighted by Gasteiger charge is 2.25. The highest BCUT2D eigenvalue weighted by Crippen LogP contribution is 2.23. The Morgan fingerprint density at radius 1 is 1.03 bits per heavy atom. The molecule has 1 aromatic heterocycles. The lowest BCUT2D eigenvalue weighted by molar-refractivity contribution is 0.119. The topological polar surface area (TPSA) is 28.6 Å². The van der Waals surface area contributed by atoms with Crippen LogP contribution in [0.1, 0.15) is 36.0 Å². The third kappa shape index (κ3) is 6.11. The number of likely N-dealkylation sites (tertiary alicyclic amines) is 1. The van der Waals surface area contributed by atoms with Gasteiger partial charge in [0.15, 0.2) is 0 Å². The number of nitrogens with zero attached hydrogens (tertiary/aromatic N) is 3. The second kappa shape index (κ2) is 10.3. The van der Waals surface area contributed by atoms with Gasteiger partial charge in [-0.05, 0) is 73.9 Å². The van der Waals surface area contributed by atoms with Crippen LogP contribution < -0.4 is 0 Å². The zero-order valence-electron chi connectivity index (χ0n) is 17.8. The lowest BCUT2D eigenvalue weighted by atomic mass is 9.94. The summed E-state index contributed by atoms with van der Waals surface area (Å²) >= 11 is 0. The lowest BCUT2D eigenvalue weighted by Crippen LogP contribution is -2.40. The summed E-state index contributed by atoms with van der Waals surface area (Å²) in [5.41, 5.74) is 4.21. The maximum atomic E-state index is 5.63. The van der Waals surface area contributed by atoms with E-state index >= 15 is 0 Å². The molecule has 0 bridgehead atoms. The number of ether oxygens (including phenoxy) is 1. The fraction of sp³-hybridized carbons (Fsp3) is 0.560. The molecule has 4 nitrogen and oxygen atoms in total. The first kappa shape index (κ1) is 20.5. The fourth-order valence-corrected chi connectivity index (χ4v) is 4.77. The molecule has 4 rings (SSSR count). The number of hydrogen-bond donors (Lipinski definition) is 0. The summed E-state index contributed by atoms with van der Waals surface area (Å²) in [6.45, 7) is 11.0. The van der Waals surface area contributed by atoms with E-state index in [4.69, 9.17) is 4.74 Å². The minimum absolute atomic E-state index is 0.688. The second-order valence-electron chi connectivity index (χ2n) is 8.93. The molecule has 2 saturated heterocycles. The summed E-state index contributed by atoms with van der Waals surface area (Å²) < 4.78 is 5.63. The molecule has 0 unspecified atom stereocenters. The van der Waals surface area contributed by atoms with Gasteiger partial charge in [0, 0.05) is 45.2 Å². The number of aryl methyl sites for hydroxylation is 1. The average Bonchev–Trinajstić information content (AvgIpc) is 3.25. The van der Waals surface area contributed by atoms with Crippen molar-refractivity contribution in [1.82, 2.24) is 14.8 Å². The summed E-state index contributed by atoms with van der Waals surface area (Å²) in [6, 6.07) is 13.1. The lowest BCUT2D eigenvalue weighted by Gasteiger charge is -2.35. The maximum Gasteiger partial charge on any atom is 0.0507 e. The van der Waals surface area contributed by atoms with Crippen molar-refractivity contribution in [3.8, 4) is 0 Å². The smallest absolute Gasteiger partial charge is 0.0507 e. The number of rotatable bonds is 8. The van der Waals surface area contributed by atoms with Gasteiger partial charge < -0.3 is 4.74 Å². The number of benzene rings is 1. The Hall–Kier alpha value is -1.75. The number of piperidine rings is 1. The molecule has 0 radical (unpaired) electrons. The SMILES string of the molecule is Cc1ccccc1CN1CCC(CN(Cc2cccnc2)C[C@@H]2CCOC2)CC1. The molecule has 4 heteroatoms. The molecule has 29 heavy (non-hydrogen) atoms. The zero-order valence-corrected chi connectivity index (χ0v) is 17.8. The highest BCUT2D eigenvalue weighted by molar-refractivity contribution is 5.25. The molecule has 0 aliphatic carbocycles. The van der Waals surface area contributed by atoms with E-state index < -0.39 is 0 Å². The summed E-state index contributed by atoms with van der Waals surface area (Å²) in [5, 5.41) is 0. The molecule has 2 fully saturated rings. The standard InChI is InChI=1S/C25H35N3O/c1-21-5-2-3-7-25(21)19-27-12-8-22(9-13-27)16-28(18-24-10-14-29-20-24)17-23-6-4-11-26-15-23/h2-7,11,15,22,24H,8-10,12-14,16-20H2,1H3/t24-/m0/s1. The van der Waals surface area contributed by atoms with E-state index in [0.29, 0.717) is 5.92 Å². The molecule has 0 N–H and O–H groups in total. The monoisotopic (exact) mass is 393 g/mol. The molecule has 0 saturated carbocycles. The summed E-state index contributed by atoms with van der Waals surface area (Å²) in [5.74, 6) is 1.48. The Labute approximate surface area is 175 Å². The molecule has 1 aromatic carbocycles. The number of aromatic nitrogens is 1. The van der Waals surface area contributed by atoms with Gasteiger partial charge in [-0.25, -0.2) is 0 Å². The normalized spacial score (nSPS) is 21.1. The number of pyridine rings is 1. The van der Waals surface area contributed by atoms with Crippen molar-refractivity contribution in [2.24, 2.45) is 11.8 Å². The van der Waals surface area contributed by atoms with Crippen LogP contribution in [0.5, 0.6) is 0 Å². The van der Waals surface area contributed by atoms with E-state index in [1.807, 2.05) is 12.4 Å². The van der Waals surface area contributed by atoms with Gasteiger partial charge in [0.1, 0.15) is 0 Å². The van der Waals surface area contributed by atoms with Gasteiger partial charge >= 0.3 is 0 Å². The fourth-order valence-electron chi connectivity index (χ4n) is 4.77. The molecule has 2 aliphatic heterocycles. The predicted octanol–water partition coefficient (Wildman–Crippen LogP) is 4.14. The van der Waals surface area contributed by atoms with Crippen LogP contribution in [0.25, 0.3) is 0 Å². The van der Waals surface area contributed by atoms with Gasteiger partial charge in [0.05, 0.1) is 6.61 Å². The molecular weight excluding hydrogens is 358 g/mol. The number of hydrogen-bond acceptors (Lipinski definition) is 4. The molecule has 0 spiro atoms. The van der Waals surface area contributed by atoms with Gasteiger partial charge in [0.25, 0.3) is 0 Å². The Balaban J connectivity index is 1.30. The molecule has 2 aliphatic rings. The van der Waals surface area contributed by atoms with Crippen LogP contribution in [0.2, 0.25) is 0 Å². The van der Waals surface area contributed by atoms with E-state index in [0.717, 1.165) is 38.8 Å². The van der Waals surface area contributed by atoms with Crippen LogP contribution in [0.15, 0.2) is 48.8 Å². The van der Waals surface area contributed by atoms with E-state index in [1.54, 1.807) is 0 Å². The Morgan fingerprint density at radius 2 is 1.86 bits per heavy atom. The highest BCUT2D eigenvalue weighted by atomic mass is 16.5. The molecule has 156 valence electrons. The van der Waals surface area contributed by atoms with Crippen molar-refractivity contribution in [2.75, 3.05) is 39.4 Å². The van der Waals surface area contributed by atoms with E-state index in [-0.39, 0.29) is 0 Å². The van der Waals surface area contributed by atoms with E-state index in [2.05, 4.69) is 58.1 Å². The van der Waals surface area contributed by atoms with Crippen molar-refractivity contribution in [3.63, 3.8) is 0 Å². The van der Waals surface area contributed by atoms with Crippen LogP contribution >= 0.6 is 0 Å². The quantitative estimate of drug-likeness (QED) is 0.674.